The van der Waals surface area contributed by atoms with Crippen molar-refractivity contribution in [3.8, 4) is 5.75 Å². The van der Waals surface area contributed by atoms with Crippen molar-refractivity contribution in [2.24, 2.45) is 5.92 Å². The van der Waals surface area contributed by atoms with Gasteiger partial charge in [-0.25, -0.2) is 12.8 Å². The number of carbonyl (C=O) groups is 1. The summed E-state index contributed by atoms with van der Waals surface area (Å²) >= 11 is 0. The zero-order chi connectivity index (χ0) is 24.3. The Balaban J connectivity index is 2.09. The number of aliphatic hydroxyl groups is 1. The Hall–Kier alpha value is -2.69. The highest BCUT2D eigenvalue weighted by molar-refractivity contribution is 7.92. The maximum absolute atomic E-state index is 13.4. The van der Waals surface area contributed by atoms with Crippen molar-refractivity contribution in [1.82, 2.24) is 9.80 Å². The van der Waals surface area contributed by atoms with Gasteiger partial charge in [-0.15, -0.1) is 0 Å². The first-order valence-electron chi connectivity index (χ1n) is 10.7. The first-order chi connectivity index (χ1) is 15.5. The number of likely N-dealkylation sites (N-methyl/N-ethyl adjacent to an activating group) is 1. The van der Waals surface area contributed by atoms with Crippen molar-refractivity contribution in [3.05, 3.63) is 53.8 Å². The van der Waals surface area contributed by atoms with E-state index in [0.29, 0.717) is 13.1 Å². The van der Waals surface area contributed by atoms with Crippen LogP contribution in [0.25, 0.3) is 0 Å². The average Bonchev–Trinajstić information content (AvgIpc) is 2.76. The summed E-state index contributed by atoms with van der Waals surface area (Å²) in [6, 6.07) is 8.69. The van der Waals surface area contributed by atoms with E-state index < -0.39 is 21.9 Å². The van der Waals surface area contributed by atoms with Crippen LogP contribution in [0.1, 0.15) is 24.2 Å². The number of hydrogen-bond donors (Lipinski definition) is 2. The first kappa shape index (κ1) is 24.9. The summed E-state index contributed by atoms with van der Waals surface area (Å²) < 4.78 is 47.9. The Labute approximate surface area is 194 Å². The fourth-order valence-corrected chi connectivity index (χ4v) is 4.78. The number of hydrogen-bond acceptors (Lipinski definition) is 6. The van der Waals surface area contributed by atoms with Gasteiger partial charge in [-0.1, -0.05) is 13.0 Å². The number of benzene rings is 2. The number of aliphatic hydroxyl groups excluding tert-OH is 1. The molecule has 8 nitrogen and oxygen atoms in total. The molecule has 2 N–H and O–H groups in total. The van der Waals surface area contributed by atoms with E-state index in [9.17, 15) is 22.7 Å². The number of amides is 1. The molecule has 0 bridgehead atoms. The number of anilines is 1. The van der Waals surface area contributed by atoms with Gasteiger partial charge in [-0.3, -0.25) is 9.52 Å². The summed E-state index contributed by atoms with van der Waals surface area (Å²) in [5.41, 5.74) is 0.310. The molecule has 0 spiro atoms. The van der Waals surface area contributed by atoms with Gasteiger partial charge in [0.2, 0.25) is 0 Å². The summed E-state index contributed by atoms with van der Waals surface area (Å²) in [5.74, 6) is -0.877. The molecule has 33 heavy (non-hydrogen) atoms. The molecule has 1 heterocycles. The maximum Gasteiger partial charge on any atom is 0.262 e. The number of para-hydroxylation sites is 1. The first-order valence-corrected chi connectivity index (χ1v) is 12.2. The molecule has 1 aliphatic rings. The van der Waals surface area contributed by atoms with E-state index in [1.54, 1.807) is 24.0 Å². The normalized spacial score (nSPS) is 20.0. The van der Waals surface area contributed by atoms with E-state index in [1.165, 1.54) is 6.07 Å². The zero-order valence-corrected chi connectivity index (χ0v) is 20.0. The Morgan fingerprint density at radius 2 is 1.91 bits per heavy atom. The second-order valence-electron chi connectivity index (χ2n) is 8.63. The lowest BCUT2D eigenvalue weighted by Crippen LogP contribution is -2.49. The molecule has 2 aromatic rings. The van der Waals surface area contributed by atoms with Gasteiger partial charge < -0.3 is 19.6 Å². The number of carbonyl (C=O) groups excluding carboxylic acids is 1. The highest BCUT2D eigenvalue weighted by atomic mass is 32.2. The lowest BCUT2D eigenvalue weighted by molar-refractivity contribution is 0.0366. The number of nitrogens with one attached hydrogen (secondary N) is 1. The fourth-order valence-electron chi connectivity index (χ4n) is 3.72. The quantitative estimate of drug-likeness (QED) is 0.633. The molecule has 0 aromatic heterocycles. The standard InChI is InChI=1S/C23H30FN3O5S/c1-15-12-27(16(2)14-28)23(29)19-6-5-7-20(22(19)32-21(15)13-26(3)4)25-33(30,31)18-10-8-17(24)9-11-18/h5-11,15-16,21,25,28H,12-14H2,1-4H3/t15-,16+,21+/m1/s1. The van der Waals surface area contributed by atoms with Gasteiger partial charge in [-0.2, -0.15) is 0 Å². The molecule has 1 amide bonds. The van der Waals surface area contributed by atoms with Gasteiger partial charge in [0.25, 0.3) is 15.9 Å². The molecule has 0 saturated carbocycles. The lowest BCUT2D eigenvalue weighted by atomic mass is 9.99. The van der Waals surface area contributed by atoms with Crippen LogP contribution >= 0.6 is 0 Å². The van der Waals surface area contributed by atoms with Crippen molar-refractivity contribution in [2.75, 3.05) is 38.5 Å². The third kappa shape index (κ3) is 5.63. The monoisotopic (exact) mass is 479 g/mol. The Bertz CT molecular complexity index is 1090. The minimum absolute atomic E-state index is 0.0970. The molecule has 0 fully saturated rings. The second-order valence-corrected chi connectivity index (χ2v) is 10.3. The Kier molecular flexibility index (Phi) is 7.61. The van der Waals surface area contributed by atoms with E-state index >= 15 is 0 Å². The predicted octanol–water partition coefficient (Wildman–Crippen LogP) is 2.41. The van der Waals surface area contributed by atoms with Crippen molar-refractivity contribution in [1.29, 1.82) is 0 Å². The van der Waals surface area contributed by atoms with Crippen molar-refractivity contribution >= 4 is 21.6 Å². The van der Waals surface area contributed by atoms with Gasteiger partial charge in [0.15, 0.2) is 5.75 Å². The van der Waals surface area contributed by atoms with Crippen LogP contribution in [0.5, 0.6) is 5.75 Å². The van der Waals surface area contributed by atoms with Crippen LogP contribution in [0, 0.1) is 11.7 Å². The summed E-state index contributed by atoms with van der Waals surface area (Å²) in [5, 5.41) is 9.71. The number of ether oxygens (including phenoxy) is 1. The third-order valence-corrected chi connectivity index (χ3v) is 6.99. The van der Waals surface area contributed by atoms with Gasteiger partial charge >= 0.3 is 0 Å². The van der Waals surface area contributed by atoms with Gasteiger partial charge in [0.1, 0.15) is 11.9 Å². The Morgan fingerprint density at radius 3 is 2.52 bits per heavy atom. The highest BCUT2D eigenvalue weighted by Gasteiger charge is 2.34. The van der Waals surface area contributed by atoms with Crippen LogP contribution in [-0.4, -0.2) is 75.2 Å². The zero-order valence-electron chi connectivity index (χ0n) is 19.2. The SMILES string of the molecule is C[C@@H]1CN([C@@H](C)CO)C(=O)c2cccc(NS(=O)(=O)c3ccc(F)cc3)c2O[C@H]1CN(C)C. The molecule has 10 heteroatoms. The molecule has 3 rings (SSSR count). The molecular formula is C23H30FN3O5S. The minimum Gasteiger partial charge on any atom is -0.486 e. The number of sulfonamides is 1. The smallest absolute Gasteiger partial charge is 0.262 e. The van der Waals surface area contributed by atoms with Crippen LogP contribution < -0.4 is 9.46 Å². The van der Waals surface area contributed by atoms with Gasteiger partial charge in [0, 0.05) is 19.0 Å². The van der Waals surface area contributed by atoms with Crippen LogP contribution in [0.3, 0.4) is 0 Å². The van der Waals surface area contributed by atoms with Gasteiger partial charge in [0.05, 0.1) is 28.8 Å². The summed E-state index contributed by atoms with van der Waals surface area (Å²) in [7, 11) is -0.261. The third-order valence-electron chi connectivity index (χ3n) is 5.60. The van der Waals surface area contributed by atoms with Crippen LogP contribution in [0.15, 0.2) is 47.4 Å². The summed E-state index contributed by atoms with van der Waals surface area (Å²) in [6.07, 6.45) is -0.350. The fraction of sp³-hybridized carbons (Fsp3) is 0.435. The predicted molar refractivity (Wildman–Crippen MR) is 123 cm³/mol. The minimum atomic E-state index is -4.06. The molecular weight excluding hydrogens is 449 g/mol. The topological polar surface area (TPSA) is 99.2 Å². The molecule has 2 aromatic carbocycles. The van der Waals surface area contributed by atoms with Crippen LogP contribution in [0.2, 0.25) is 0 Å². The number of halogens is 1. The molecule has 0 saturated heterocycles. The van der Waals surface area contributed by atoms with Crippen LogP contribution in [0.4, 0.5) is 10.1 Å². The average molecular weight is 480 g/mol. The van der Waals surface area contributed by atoms with E-state index in [2.05, 4.69) is 4.72 Å². The lowest BCUT2D eigenvalue weighted by Gasteiger charge is -2.38. The van der Waals surface area contributed by atoms with E-state index in [1.807, 2.05) is 25.9 Å². The van der Waals surface area contributed by atoms with E-state index in [4.69, 9.17) is 4.74 Å². The van der Waals surface area contributed by atoms with E-state index in [-0.39, 0.29) is 46.4 Å². The summed E-state index contributed by atoms with van der Waals surface area (Å²) in [4.78, 5) is 16.8. The Morgan fingerprint density at radius 1 is 1.24 bits per heavy atom. The van der Waals surface area contributed by atoms with Crippen molar-refractivity contribution < 1.29 is 27.4 Å². The molecule has 3 atom stereocenters. The van der Waals surface area contributed by atoms with Crippen LogP contribution in [-0.2, 0) is 10.0 Å². The molecule has 1 aliphatic heterocycles. The highest BCUT2D eigenvalue weighted by Crippen LogP contribution is 2.36. The van der Waals surface area contributed by atoms with Crippen molar-refractivity contribution in [2.45, 2.75) is 30.9 Å². The second kappa shape index (κ2) is 10.1. The molecule has 0 radical (unpaired) electrons. The van der Waals surface area contributed by atoms with Gasteiger partial charge in [-0.05, 0) is 57.4 Å². The van der Waals surface area contributed by atoms with Crippen molar-refractivity contribution in [3.63, 3.8) is 0 Å². The largest absolute Gasteiger partial charge is 0.486 e. The molecule has 0 unspecified atom stereocenters. The number of rotatable bonds is 7. The summed E-state index contributed by atoms with van der Waals surface area (Å²) in [6.45, 7) is 4.42. The molecule has 180 valence electrons. The maximum atomic E-state index is 13.4. The molecule has 0 aliphatic carbocycles. The number of nitrogens with zero attached hydrogens (tertiary/aromatic N) is 2. The number of fused-ring (bicyclic) bond motifs is 1. The van der Waals surface area contributed by atoms with E-state index in [0.717, 1.165) is 24.3 Å².